The highest BCUT2D eigenvalue weighted by Gasteiger charge is 2.32. The molecule has 31 heavy (non-hydrogen) atoms. The summed E-state index contributed by atoms with van der Waals surface area (Å²) in [6, 6.07) is 3.61. The van der Waals surface area contributed by atoms with E-state index >= 15 is 0 Å². The summed E-state index contributed by atoms with van der Waals surface area (Å²) in [5.74, 6) is 0.689. The fraction of sp³-hybridized carbons (Fsp3) is 0.667. The van der Waals surface area contributed by atoms with Gasteiger partial charge in [0, 0.05) is 31.6 Å². The second kappa shape index (κ2) is 11.0. The number of amides is 2. The van der Waals surface area contributed by atoms with Gasteiger partial charge in [0.1, 0.15) is 0 Å². The Morgan fingerprint density at radius 3 is 2.16 bits per heavy atom. The van der Waals surface area contributed by atoms with E-state index < -0.39 is 11.7 Å². The van der Waals surface area contributed by atoms with Crippen LogP contribution >= 0.6 is 0 Å². The molecule has 1 fully saturated rings. The van der Waals surface area contributed by atoms with Crippen LogP contribution in [0.1, 0.15) is 83.3 Å². The van der Waals surface area contributed by atoms with Gasteiger partial charge in [0.25, 0.3) is 0 Å². The van der Waals surface area contributed by atoms with Crippen LogP contribution in [0.5, 0.6) is 0 Å². The maximum atomic E-state index is 13.2. The third-order valence-corrected chi connectivity index (χ3v) is 5.83. The number of benzene rings is 1. The molecule has 1 aromatic rings. The Labute approximate surface area is 183 Å². The second-order valence-electron chi connectivity index (χ2n) is 9.37. The zero-order valence-electron chi connectivity index (χ0n) is 19.0. The number of halogens is 3. The number of piperidine rings is 1. The first-order valence-electron chi connectivity index (χ1n) is 11.3. The average Bonchev–Trinajstić information content (AvgIpc) is 2.70. The van der Waals surface area contributed by atoms with Gasteiger partial charge in [0.05, 0.1) is 5.56 Å². The van der Waals surface area contributed by atoms with E-state index in [1.54, 1.807) is 0 Å². The maximum absolute atomic E-state index is 13.2. The first-order valence-corrected chi connectivity index (χ1v) is 11.3. The summed E-state index contributed by atoms with van der Waals surface area (Å²) in [5, 5.41) is 2.72. The van der Waals surface area contributed by atoms with E-state index in [4.69, 9.17) is 0 Å². The molecule has 0 aromatic heterocycles. The third-order valence-electron chi connectivity index (χ3n) is 5.83. The minimum Gasteiger partial charge on any atom is -0.343 e. The third kappa shape index (κ3) is 7.86. The summed E-state index contributed by atoms with van der Waals surface area (Å²) in [4.78, 5) is 26.6. The Morgan fingerprint density at radius 2 is 1.61 bits per heavy atom. The largest absolute Gasteiger partial charge is 0.416 e. The van der Waals surface area contributed by atoms with Gasteiger partial charge in [0.2, 0.25) is 11.8 Å². The van der Waals surface area contributed by atoms with Gasteiger partial charge in [-0.2, -0.15) is 13.2 Å². The van der Waals surface area contributed by atoms with Gasteiger partial charge in [-0.15, -0.1) is 0 Å². The molecule has 174 valence electrons. The van der Waals surface area contributed by atoms with Crippen LogP contribution in [0, 0.1) is 11.8 Å². The number of hydrogen-bond donors (Lipinski definition) is 1. The van der Waals surface area contributed by atoms with Crippen molar-refractivity contribution in [2.24, 2.45) is 11.8 Å². The molecule has 0 atom stereocenters. The molecule has 1 N–H and O–H groups in total. The minimum atomic E-state index is -4.47. The van der Waals surface area contributed by atoms with Gasteiger partial charge in [0.15, 0.2) is 0 Å². The van der Waals surface area contributed by atoms with E-state index in [0.29, 0.717) is 50.6 Å². The number of carbonyl (C=O) groups excluding carboxylic acids is 2. The lowest BCUT2D eigenvalue weighted by Gasteiger charge is -2.33. The molecule has 2 amide bonds. The summed E-state index contributed by atoms with van der Waals surface area (Å²) >= 11 is 0. The molecule has 2 rings (SSSR count). The highest BCUT2D eigenvalue weighted by Crippen LogP contribution is 2.38. The fourth-order valence-electron chi connectivity index (χ4n) is 3.84. The lowest BCUT2D eigenvalue weighted by atomic mass is 9.87. The normalized spacial score (nSPS) is 15.6. The van der Waals surface area contributed by atoms with Gasteiger partial charge >= 0.3 is 6.18 Å². The molecule has 0 unspecified atom stereocenters. The smallest absolute Gasteiger partial charge is 0.343 e. The van der Waals surface area contributed by atoms with Crippen LogP contribution in [0.15, 0.2) is 18.2 Å². The SMILES string of the molecule is CC(C)CCC(=O)Nc1cc(C(F)(F)F)ccc1C1CCN(C(=O)CCC(C)C)CC1. The predicted molar refractivity (Wildman–Crippen MR) is 117 cm³/mol. The molecule has 7 heteroatoms. The monoisotopic (exact) mass is 440 g/mol. The molecule has 0 bridgehead atoms. The van der Waals surface area contributed by atoms with Crippen molar-refractivity contribution in [1.82, 2.24) is 4.90 Å². The summed E-state index contributed by atoms with van der Waals surface area (Å²) in [7, 11) is 0. The van der Waals surface area contributed by atoms with Crippen LogP contribution in [0.25, 0.3) is 0 Å². The molecule has 0 saturated carbocycles. The molecule has 0 aliphatic carbocycles. The summed E-state index contributed by atoms with van der Waals surface area (Å²) in [6.45, 7) is 9.34. The number of nitrogens with one attached hydrogen (secondary N) is 1. The lowest BCUT2D eigenvalue weighted by molar-refractivity contribution is -0.137. The second-order valence-corrected chi connectivity index (χ2v) is 9.37. The number of alkyl halides is 3. The zero-order chi connectivity index (χ0) is 23.2. The molecule has 0 radical (unpaired) electrons. The van der Waals surface area contributed by atoms with Crippen molar-refractivity contribution in [1.29, 1.82) is 0 Å². The Balaban J connectivity index is 2.12. The molecule has 1 aliphatic heterocycles. The molecule has 4 nitrogen and oxygen atoms in total. The fourth-order valence-corrected chi connectivity index (χ4v) is 3.84. The van der Waals surface area contributed by atoms with Gasteiger partial charge in [-0.25, -0.2) is 0 Å². The van der Waals surface area contributed by atoms with E-state index in [1.165, 1.54) is 6.07 Å². The van der Waals surface area contributed by atoms with Crippen LogP contribution in [0.4, 0.5) is 18.9 Å². The Hall–Kier alpha value is -2.05. The molecular formula is C24H35F3N2O2. The summed E-state index contributed by atoms with van der Waals surface area (Å²) < 4.78 is 39.7. The summed E-state index contributed by atoms with van der Waals surface area (Å²) in [6.07, 6.45) is -0.791. The predicted octanol–water partition coefficient (Wildman–Crippen LogP) is 6.22. The molecule has 0 spiro atoms. The Kier molecular flexibility index (Phi) is 8.95. The number of carbonyl (C=O) groups is 2. The van der Waals surface area contributed by atoms with Gasteiger partial charge < -0.3 is 10.2 Å². The number of hydrogen-bond acceptors (Lipinski definition) is 2. The lowest BCUT2D eigenvalue weighted by Crippen LogP contribution is -2.38. The van der Waals surface area contributed by atoms with Crippen molar-refractivity contribution in [3.8, 4) is 0 Å². The van der Waals surface area contributed by atoms with E-state index in [2.05, 4.69) is 19.2 Å². The molecule has 1 saturated heterocycles. The van der Waals surface area contributed by atoms with Crippen molar-refractivity contribution in [2.45, 2.75) is 78.3 Å². The van der Waals surface area contributed by atoms with Crippen LogP contribution in [-0.2, 0) is 15.8 Å². The Morgan fingerprint density at radius 1 is 1.03 bits per heavy atom. The van der Waals surface area contributed by atoms with Crippen molar-refractivity contribution in [2.75, 3.05) is 18.4 Å². The van der Waals surface area contributed by atoms with Crippen LogP contribution in [0.3, 0.4) is 0 Å². The first-order chi connectivity index (χ1) is 14.5. The zero-order valence-corrected chi connectivity index (χ0v) is 19.0. The standard InChI is InChI=1S/C24H35F3N2O2/c1-16(2)5-9-22(30)28-21-15-19(24(25,26)27)7-8-20(21)18-11-13-29(14-12-18)23(31)10-6-17(3)4/h7-8,15-18H,5-6,9-14H2,1-4H3,(H,28,30). The molecule has 1 aliphatic rings. The van der Waals surface area contributed by atoms with E-state index in [1.807, 2.05) is 18.7 Å². The average molecular weight is 441 g/mol. The van der Waals surface area contributed by atoms with Crippen LogP contribution < -0.4 is 5.32 Å². The van der Waals surface area contributed by atoms with E-state index in [-0.39, 0.29) is 29.8 Å². The number of anilines is 1. The highest BCUT2D eigenvalue weighted by molar-refractivity contribution is 5.91. The number of nitrogens with zero attached hydrogens (tertiary/aromatic N) is 1. The quantitative estimate of drug-likeness (QED) is 0.521. The van der Waals surface area contributed by atoms with Crippen LogP contribution in [-0.4, -0.2) is 29.8 Å². The summed E-state index contributed by atoms with van der Waals surface area (Å²) in [5.41, 5.74) is 0.199. The molecule has 1 heterocycles. The van der Waals surface area contributed by atoms with Crippen molar-refractivity contribution >= 4 is 17.5 Å². The topological polar surface area (TPSA) is 49.4 Å². The first kappa shape index (κ1) is 25.2. The highest BCUT2D eigenvalue weighted by atomic mass is 19.4. The molecule has 1 aromatic carbocycles. The molecular weight excluding hydrogens is 405 g/mol. The van der Waals surface area contributed by atoms with Crippen molar-refractivity contribution in [3.63, 3.8) is 0 Å². The van der Waals surface area contributed by atoms with Gasteiger partial charge in [-0.3, -0.25) is 9.59 Å². The van der Waals surface area contributed by atoms with Crippen molar-refractivity contribution < 1.29 is 22.8 Å². The van der Waals surface area contributed by atoms with E-state index in [9.17, 15) is 22.8 Å². The van der Waals surface area contributed by atoms with E-state index in [0.717, 1.165) is 24.1 Å². The Bertz CT molecular complexity index is 752. The van der Waals surface area contributed by atoms with Crippen molar-refractivity contribution in [3.05, 3.63) is 29.3 Å². The minimum absolute atomic E-state index is 0.0110. The van der Waals surface area contributed by atoms with Gasteiger partial charge in [-0.05, 0) is 61.1 Å². The number of rotatable bonds is 8. The maximum Gasteiger partial charge on any atom is 0.416 e. The van der Waals surface area contributed by atoms with Crippen LogP contribution in [0.2, 0.25) is 0 Å². The van der Waals surface area contributed by atoms with Gasteiger partial charge in [-0.1, -0.05) is 33.8 Å². The number of likely N-dealkylation sites (tertiary alicyclic amines) is 1.